The highest BCUT2D eigenvalue weighted by molar-refractivity contribution is 6.23. The molecule has 5 heteroatoms. The van der Waals surface area contributed by atoms with Crippen LogP contribution in [0.4, 0.5) is 0 Å². The molecule has 0 aromatic carbocycles. The van der Waals surface area contributed by atoms with Gasteiger partial charge in [0, 0.05) is 11.8 Å². The van der Waals surface area contributed by atoms with Gasteiger partial charge in [0.15, 0.2) is 10.8 Å². The van der Waals surface area contributed by atoms with Crippen LogP contribution in [-0.4, -0.2) is 5.38 Å². The van der Waals surface area contributed by atoms with Crippen LogP contribution in [0, 0.1) is 68.0 Å². The third kappa shape index (κ3) is 1.50. The predicted octanol–water partition coefficient (Wildman–Crippen LogP) is 2.59. The highest BCUT2D eigenvalue weighted by atomic mass is 35.5. The van der Waals surface area contributed by atoms with Crippen LogP contribution in [0.5, 0.6) is 0 Å². The standard InChI is InChI=1S/C15H9ClN4/c16-11-3-1-2-4-12-13(6-5-11)15(9-19,10-20)14(12,7-17)8-18/h1-6,11-13H/b3-1-,4-2-,6-5-/t11-,12+,13-/m0/s1. The fourth-order valence-electron chi connectivity index (χ4n) is 2.84. The molecule has 0 aromatic heterocycles. The smallest absolute Gasteiger partial charge is 0.182 e. The predicted molar refractivity (Wildman–Crippen MR) is 71.4 cm³/mol. The Morgan fingerprint density at radius 3 is 1.65 bits per heavy atom. The highest BCUT2D eigenvalue weighted by Crippen LogP contribution is 2.65. The molecule has 0 heterocycles. The van der Waals surface area contributed by atoms with E-state index in [4.69, 9.17) is 11.6 Å². The molecule has 96 valence electrons. The van der Waals surface area contributed by atoms with Crippen LogP contribution in [0.3, 0.4) is 0 Å². The van der Waals surface area contributed by atoms with E-state index < -0.39 is 22.7 Å². The zero-order chi connectivity index (χ0) is 14.8. The van der Waals surface area contributed by atoms with E-state index in [-0.39, 0.29) is 5.38 Å². The maximum absolute atomic E-state index is 9.39. The van der Waals surface area contributed by atoms with Crippen molar-refractivity contribution < 1.29 is 0 Å². The summed E-state index contributed by atoms with van der Waals surface area (Å²) in [5, 5.41) is 37.2. The van der Waals surface area contributed by atoms with Crippen LogP contribution in [0.25, 0.3) is 0 Å². The summed E-state index contributed by atoms with van der Waals surface area (Å²) in [6, 6.07) is 7.55. The van der Waals surface area contributed by atoms with Crippen LogP contribution in [-0.2, 0) is 0 Å². The molecular formula is C15H9ClN4. The minimum Gasteiger partial charge on any atom is -0.196 e. The van der Waals surface area contributed by atoms with Crippen molar-refractivity contribution in [1.82, 2.24) is 0 Å². The fraction of sp³-hybridized carbons (Fsp3) is 0.333. The number of allylic oxidation sites excluding steroid dienone is 6. The van der Waals surface area contributed by atoms with Crippen LogP contribution >= 0.6 is 11.6 Å². The quantitative estimate of drug-likeness (QED) is 0.503. The largest absolute Gasteiger partial charge is 0.196 e. The van der Waals surface area contributed by atoms with Crippen molar-refractivity contribution in [2.45, 2.75) is 5.38 Å². The molecule has 1 fully saturated rings. The fourth-order valence-corrected chi connectivity index (χ4v) is 3.01. The van der Waals surface area contributed by atoms with Gasteiger partial charge in [-0.25, -0.2) is 0 Å². The molecule has 0 N–H and O–H groups in total. The van der Waals surface area contributed by atoms with E-state index >= 15 is 0 Å². The van der Waals surface area contributed by atoms with Crippen molar-refractivity contribution in [3.8, 4) is 24.3 Å². The third-order valence-electron chi connectivity index (χ3n) is 3.94. The Morgan fingerprint density at radius 1 is 0.700 bits per heavy atom. The number of alkyl halides is 1. The summed E-state index contributed by atoms with van der Waals surface area (Å²) in [5.74, 6) is -1.02. The van der Waals surface area contributed by atoms with Gasteiger partial charge >= 0.3 is 0 Å². The minimum atomic E-state index is -1.66. The Kier molecular flexibility index (Phi) is 3.38. The zero-order valence-corrected chi connectivity index (χ0v) is 11.1. The lowest BCUT2D eigenvalue weighted by Crippen LogP contribution is -2.62. The number of nitriles is 4. The van der Waals surface area contributed by atoms with E-state index in [1.807, 2.05) is 24.3 Å². The van der Waals surface area contributed by atoms with Gasteiger partial charge in [0.1, 0.15) is 0 Å². The first-order valence-corrected chi connectivity index (χ1v) is 6.38. The topological polar surface area (TPSA) is 95.2 Å². The van der Waals surface area contributed by atoms with E-state index in [2.05, 4.69) is 0 Å². The van der Waals surface area contributed by atoms with Crippen LogP contribution in [0.2, 0.25) is 0 Å². The number of halogens is 1. The summed E-state index contributed by atoms with van der Waals surface area (Å²) in [6.45, 7) is 0. The summed E-state index contributed by atoms with van der Waals surface area (Å²) in [4.78, 5) is 0. The van der Waals surface area contributed by atoms with E-state index in [0.29, 0.717) is 0 Å². The zero-order valence-electron chi connectivity index (χ0n) is 10.4. The highest BCUT2D eigenvalue weighted by Gasteiger charge is 2.74. The summed E-state index contributed by atoms with van der Waals surface area (Å²) in [5.41, 5.74) is -3.31. The molecule has 0 unspecified atom stereocenters. The van der Waals surface area contributed by atoms with E-state index in [9.17, 15) is 21.0 Å². The van der Waals surface area contributed by atoms with Gasteiger partial charge in [0.25, 0.3) is 0 Å². The van der Waals surface area contributed by atoms with Crippen molar-refractivity contribution in [3.05, 3.63) is 36.5 Å². The van der Waals surface area contributed by atoms with Gasteiger partial charge in [-0.1, -0.05) is 36.5 Å². The van der Waals surface area contributed by atoms with Gasteiger partial charge in [-0.15, -0.1) is 11.6 Å². The SMILES string of the molecule is N#CC1(C#N)[C@@H]2/C=C\C=C/[C@H](Cl)/C=C\[C@@H]2C1(C#N)C#N. The summed E-state index contributed by atoms with van der Waals surface area (Å²) < 4.78 is 0. The molecule has 0 bridgehead atoms. The second kappa shape index (κ2) is 4.86. The number of hydrogen-bond donors (Lipinski definition) is 0. The van der Waals surface area contributed by atoms with E-state index in [0.717, 1.165) is 0 Å². The number of hydrogen-bond acceptors (Lipinski definition) is 4. The molecule has 0 radical (unpaired) electrons. The molecular weight excluding hydrogens is 272 g/mol. The second-order valence-electron chi connectivity index (χ2n) is 4.71. The molecule has 1 saturated carbocycles. The molecule has 0 aliphatic heterocycles. The van der Waals surface area contributed by atoms with Gasteiger partial charge in [0.05, 0.1) is 29.7 Å². The molecule has 2 rings (SSSR count). The Morgan fingerprint density at radius 2 is 1.15 bits per heavy atom. The first-order chi connectivity index (χ1) is 9.61. The van der Waals surface area contributed by atoms with E-state index in [1.165, 1.54) is 0 Å². The van der Waals surface area contributed by atoms with Crippen LogP contribution in [0.1, 0.15) is 0 Å². The van der Waals surface area contributed by atoms with Crippen LogP contribution in [0.15, 0.2) is 36.5 Å². The molecule has 3 atom stereocenters. The first kappa shape index (κ1) is 13.9. The van der Waals surface area contributed by atoms with Crippen molar-refractivity contribution in [1.29, 1.82) is 21.0 Å². The number of fused-ring (bicyclic) bond motifs is 1. The van der Waals surface area contributed by atoms with Gasteiger partial charge in [-0.2, -0.15) is 21.0 Å². The van der Waals surface area contributed by atoms with E-state index in [1.54, 1.807) is 36.5 Å². The third-order valence-corrected chi connectivity index (χ3v) is 4.23. The van der Waals surface area contributed by atoms with Crippen molar-refractivity contribution in [3.63, 3.8) is 0 Å². The summed E-state index contributed by atoms with van der Waals surface area (Å²) >= 11 is 6.02. The van der Waals surface area contributed by atoms with Crippen LogP contribution < -0.4 is 0 Å². The molecule has 4 nitrogen and oxygen atoms in total. The lowest BCUT2D eigenvalue weighted by Gasteiger charge is -2.53. The normalized spacial score (nSPS) is 36.5. The Bertz CT molecular complexity index is 647. The Labute approximate surface area is 122 Å². The maximum Gasteiger partial charge on any atom is 0.182 e. The molecule has 0 aromatic rings. The molecule has 0 saturated heterocycles. The summed E-state index contributed by atoms with van der Waals surface area (Å²) in [7, 11) is 0. The Hall–Kier alpha value is -2.53. The van der Waals surface area contributed by atoms with Crippen molar-refractivity contribution >= 4 is 11.6 Å². The number of nitrogens with zero attached hydrogens (tertiary/aromatic N) is 4. The number of rotatable bonds is 0. The maximum atomic E-state index is 9.39. The summed E-state index contributed by atoms with van der Waals surface area (Å²) in [6.07, 6.45) is 10.2. The molecule has 20 heavy (non-hydrogen) atoms. The van der Waals surface area contributed by atoms with Gasteiger partial charge in [0.2, 0.25) is 0 Å². The monoisotopic (exact) mass is 280 g/mol. The first-order valence-electron chi connectivity index (χ1n) is 5.94. The van der Waals surface area contributed by atoms with Gasteiger partial charge < -0.3 is 0 Å². The minimum absolute atomic E-state index is 0.354. The van der Waals surface area contributed by atoms with Crippen molar-refractivity contribution in [2.24, 2.45) is 22.7 Å². The van der Waals surface area contributed by atoms with Gasteiger partial charge in [-0.05, 0) is 0 Å². The molecule has 0 amide bonds. The average molecular weight is 281 g/mol. The molecule has 0 spiro atoms. The molecule has 2 aliphatic carbocycles. The Balaban J connectivity index is 2.63. The van der Waals surface area contributed by atoms with Gasteiger partial charge in [-0.3, -0.25) is 0 Å². The second-order valence-corrected chi connectivity index (χ2v) is 5.22. The average Bonchev–Trinajstić information content (AvgIpc) is 2.54. The lowest BCUT2D eigenvalue weighted by molar-refractivity contribution is 0.00685. The molecule has 2 aliphatic rings. The lowest BCUT2D eigenvalue weighted by atomic mass is 9.39. The van der Waals surface area contributed by atoms with Crippen molar-refractivity contribution in [2.75, 3.05) is 0 Å².